The summed E-state index contributed by atoms with van der Waals surface area (Å²) < 4.78 is 28.0. The molecule has 7 heteroatoms. The first-order valence-electron chi connectivity index (χ1n) is 6.52. The minimum absolute atomic E-state index is 0.268. The molecule has 21 heavy (non-hydrogen) atoms. The second-order valence-corrected chi connectivity index (χ2v) is 7.12. The average molecular weight is 328 g/mol. The van der Waals surface area contributed by atoms with Crippen LogP contribution in [0.4, 0.5) is 0 Å². The van der Waals surface area contributed by atoms with Gasteiger partial charge in [-0.25, -0.2) is 12.7 Å². The first-order valence-corrected chi connectivity index (χ1v) is 8.50. The third kappa shape index (κ3) is 3.64. The molecule has 0 fully saturated rings. The number of likely N-dealkylation sites (N-methyl/N-ethyl adjacent to an activating group) is 1. The molecule has 0 amide bonds. The Morgan fingerprint density at radius 2 is 2.14 bits per heavy atom. The van der Waals surface area contributed by atoms with Gasteiger partial charge in [-0.2, -0.15) is 0 Å². The van der Waals surface area contributed by atoms with E-state index in [9.17, 15) is 8.42 Å². The molecular formula is C14H18ClN3O2S. The van der Waals surface area contributed by atoms with Gasteiger partial charge in [0.2, 0.25) is 10.0 Å². The van der Waals surface area contributed by atoms with Crippen LogP contribution < -0.4 is 0 Å². The first kappa shape index (κ1) is 16.0. The summed E-state index contributed by atoms with van der Waals surface area (Å²) >= 11 is 5.78. The molecule has 0 aliphatic carbocycles. The molecule has 5 nitrogen and oxygen atoms in total. The summed E-state index contributed by atoms with van der Waals surface area (Å²) in [6, 6.07) is 7.22. The number of sulfonamides is 1. The summed E-state index contributed by atoms with van der Waals surface area (Å²) in [5.41, 5.74) is 1.64. The molecule has 0 aliphatic heterocycles. The van der Waals surface area contributed by atoms with Gasteiger partial charge in [0.05, 0.1) is 5.88 Å². The van der Waals surface area contributed by atoms with E-state index in [1.54, 1.807) is 37.1 Å². The lowest BCUT2D eigenvalue weighted by Crippen LogP contribution is -2.29. The SMILES string of the molecule is CN(CCc1ccccn1)S(=O)(=O)c1cc(CCl)n(C)c1. The van der Waals surface area contributed by atoms with Crippen LogP contribution in [0, 0.1) is 0 Å². The Kier molecular flexibility index (Phi) is 5.03. The fourth-order valence-electron chi connectivity index (χ4n) is 1.97. The van der Waals surface area contributed by atoms with Crippen LogP contribution >= 0.6 is 11.6 Å². The second kappa shape index (κ2) is 6.60. The van der Waals surface area contributed by atoms with E-state index in [0.717, 1.165) is 11.4 Å². The van der Waals surface area contributed by atoms with Gasteiger partial charge >= 0.3 is 0 Å². The summed E-state index contributed by atoms with van der Waals surface area (Å²) in [4.78, 5) is 4.46. The molecule has 2 heterocycles. The molecule has 0 atom stereocenters. The van der Waals surface area contributed by atoms with Crippen LogP contribution in [0.15, 0.2) is 41.6 Å². The summed E-state index contributed by atoms with van der Waals surface area (Å²) in [7, 11) is -0.137. The largest absolute Gasteiger partial charge is 0.352 e. The number of pyridine rings is 1. The van der Waals surface area contributed by atoms with Crippen LogP contribution in [0.3, 0.4) is 0 Å². The first-order chi connectivity index (χ1) is 9.95. The molecule has 0 saturated carbocycles. The smallest absolute Gasteiger partial charge is 0.244 e. The Labute approximate surface area is 130 Å². The number of hydrogen-bond acceptors (Lipinski definition) is 3. The van der Waals surface area contributed by atoms with Crippen LogP contribution in [0.5, 0.6) is 0 Å². The molecule has 0 unspecified atom stereocenters. The third-order valence-corrected chi connectivity index (χ3v) is 5.43. The van der Waals surface area contributed by atoms with Crippen molar-refractivity contribution in [1.82, 2.24) is 13.9 Å². The lowest BCUT2D eigenvalue weighted by Gasteiger charge is -2.15. The van der Waals surface area contributed by atoms with E-state index in [1.807, 2.05) is 18.2 Å². The number of aromatic nitrogens is 2. The molecule has 2 aromatic heterocycles. The summed E-state index contributed by atoms with van der Waals surface area (Å²) in [5.74, 6) is 0.281. The standard InChI is InChI=1S/C14H18ClN3O2S/c1-17-11-14(9-13(17)10-15)21(19,20)18(2)8-6-12-5-3-4-7-16-12/h3-5,7,9,11H,6,8,10H2,1-2H3. The Balaban J connectivity index is 2.11. The second-order valence-electron chi connectivity index (χ2n) is 4.81. The minimum atomic E-state index is -3.49. The van der Waals surface area contributed by atoms with Crippen LogP contribution in [0.1, 0.15) is 11.4 Å². The van der Waals surface area contributed by atoms with Gasteiger partial charge in [0, 0.05) is 50.8 Å². The van der Waals surface area contributed by atoms with Crippen LogP contribution in [0.2, 0.25) is 0 Å². The molecule has 114 valence electrons. The predicted octanol–water partition coefficient (Wildman–Crippen LogP) is 2.02. The van der Waals surface area contributed by atoms with E-state index in [-0.39, 0.29) is 10.8 Å². The zero-order chi connectivity index (χ0) is 15.5. The van der Waals surface area contributed by atoms with Gasteiger partial charge in [-0.1, -0.05) is 6.07 Å². The Morgan fingerprint density at radius 3 is 2.71 bits per heavy atom. The number of halogens is 1. The van der Waals surface area contributed by atoms with Crippen LogP contribution in [0.25, 0.3) is 0 Å². The van der Waals surface area contributed by atoms with Crippen molar-refractivity contribution in [3.05, 3.63) is 48.0 Å². The van der Waals surface area contributed by atoms with Crippen molar-refractivity contribution in [1.29, 1.82) is 0 Å². The molecule has 0 bridgehead atoms. The number of hydrogen-bond donors (Lipinski definition) is 0. The molecule has 0 N–H and O–H groups in total. The van der Waals surface area contributed by atoms with Crippen LogP contribution in [-0.4, -0.2) is 35.9 Å². The van der Waals surface area contributed by atoms with Gasteiger partial charge in [-0.3, -0.25) is 4.98 Å². The topological polar surface area (TPSA) is 55.2 Å². The van der Waals surface area contributed by atoms with Gasteiger partial charge in [0.1, 0.15) is 4.90 Å². The molecule has 2 rings (SSSR count). The van der Waals surface area contributed by atoms with E-state index in [4.69, 9.17) is 11.6 Å². The number of alkyl halides is 1. The number of rotatable bonds is 6. The zero-order valence-electron chi connectivity index (χ0n) is 12.0. The lowest BCUT2D eigenvalue weighted by atomic mass is 10.3. The summed E-state index contributed by atoms with van der Waals surface area (Å²) in [5, 5.41) is 0. The third-order valence-electron chi connectivity index (χ3n) is 3.34. The van der Waals surface area contributed by atoms with Gasteiger partial charge in [0.15, 0.2) is 0 Å². The fraction of sp³-hybridized carbons (Fsp3) is 0.357. The maximum absolute atomic E-state index is 12.5. The average Bonchev–Trinajstić information content (AvgIpc) is 2.87. The van der Waals surface area contributed by atoms with E-state index < -0.39 is 10.0 Å². The molecule has 2 aromatic rings. The van der Waals surface area contributed by atoms with Gasteiger partial charge in [0.25, 0.3) is 0 Å². The van der Waals surface area contributed by atoms with Crippen molar-refractivity contribution in [2.24, 2.45) is 7.05 Å². The molecular weight excluding hydrogens is 310 g/mol. The van der Waals surface area contributed by atoms with Crippen molar-refractivity contribution < 1.29 is 8.42 Å². The maximum Gasteiger partial charge on any atom is 0.244 e. The highest BCUT2D eigenvalue weighted by Crippen LogP contribution is 2.18. The monoisotopic (exact) mass is 327 g/mol. The zero-order valence-corrected chi connectivity index (χ0v) is 13.6. The summed E-state index contributed by atoms with van der Waals surface area (Å²) in [6.45, 7) is 0.379. The highest BCUT2D eigenvalue weighted by atomic mass is 35.5. The molecule has 0 saturated heterocycles. The highest BCUT2D eigenvalue weighted by Gasteiger charge is 2.22. The van der Waals surface area contributed by atoms with Crippen molar-refractivity contribution in [3.8, 4) is 0 Å². The quantitative estimate of drug-likeness (QED) is 0.763. The van der Waals surface area contributed by atoms with Gasteiger partial charge in [-0.15, -0.1) is 11.6 Å². The van der Waals surface area contributed by atoms with E-state index >= 15 is 0 Å². The Bertz CT molecular complexity index is 698. The fourth-order valence-corrected chi connectivity index (χ4v) is 3.50. The van der Waals surface area contributed by atoms with Gasteiger partial charge < -0.3 is 4.57 Å². The van der Waals surface area contributed by atoms with E-state index in [1.165, 1.54) is 4.31 Å². The molecule has 0 spiro atoms. The van der Waals surface area contributed by atoms with Crippen molar-refractivity contribution in [2.75, 3.05) is 13.6 Å². The van der Waals surface area contributed by atoms with Crippen molar-refractivity contribution in [2.45, 2.75) is 17.2 Å². The Hall–Kier alpha value is -1.37. The normalized spacial score (nSPS) is 12.0. The van der Waals surface area contributed by atoms with E-state index in [2.05, 4.69) is 4.98 Å². The van der Waals surface area contributed by atoms with Crippen LogP contribution in [-0.2, 0) is 29.4 Å². The van der Waals surface area contributed by atoms with E-state index in [0.29, 0.717) is 13.0 Å². The minimum Gasteiger partial charge on any atom is -0.352 e. The summed E-state index contributed by atoms with van der Waals surface area (Å²) in [6.07, 6.45) is 3.86. The molecule has 0 aromatic carbocycles. The number of aryl methyl sites for hydroxylation is 1. The number of nitrogens with zero attached hydrogens (tertiary/aromatic N) is 3. The molecule has 0 aliphatic rings. The molecule has 0 radical (unpaired) electrons. The predicted molar refractivity (Wildman–Crippen MR) is 82.7 cm³/mol. The lowest BCUT2D eigenvalue weighted by molar-refractivity contribution is 0.471. The van der Waals surface area contributed by atoms with Crippen molar-refractivity contribution >= 4 is 21.6 Å². The van der Waals surface area contributed by atoms with Crippen molar-refractivity contribution in [3.63, 3.8) is 0 Å². The van der Waals surface area contributed by atoms with Gasteiger partial charge in [-0.05, 0) is 18.2 Å². The maximum atomic E-state index is 12.5. The highest BCUT2D eigenvalue weighted by molar-refractivity contribution is 7.89. The Morgan fingerprint density at radius 1 is 1.38 bits per heavy atom.